The number of Topliss-reactive ketones (excluding diaryl/α,β-unsaturated/α-hetero) is 1. The van der Waals surface area contributed by atoms with Gasteiger partial charge in [-0.25, -0.2) is 17.5 Å². The number of hydrogen-bond donors (Lipinski definition) is 3. The molecule has 3 atom stereocenters. The molecule has 0 saturated carbocycles. The minimum atomic E-state index is -5.43. The number of aliphatic hydroxyl groups is 1. The van der Waals surface area contributed by atoms with Crippen molar-refractivity contribution in [2.45, 2.75) is 22.8 Å². The summed E-state index contributed by atoms with van der Waals surface area (Å²) < 4.78 is 73.1. The van der Waals surface area contributed by atoms with Crippen LogP contribution < -0.4 is 15.4 Å². The molecule has 1 aliphatic heterocycles. The van der Waals surface area contributed by atoms with Crippen LogP contribution in [0.25, 0.3) is 0 Å². The first kappa shape index (κ1) is 27.2. The van der Waals surface area contributed by atoms with Crippen LogP contribution in [0.3, 0.4) is 0 Å². The summed E-state index contributed by atoms with van der Waals surface area (Å²) in [6, 6.07) is 6.92. The predicted octanol–water partition coefficient (Wildman–Crippen LogP) is 2.61. The second kappa shape index (κ2) is 9.91. The Morgan fingerprint density at radius 2 is 1.75 bits per heavy atom. The first-order chi connectivity index (χ1) is 16.7. The molecule has 3 rings (SSSR count). The van der Waals surface area contributed by atoms with Crippen LogP contribution in [0.2, 0.25) is 0 Å². The molecule has 2 aromatic carbocycles. The third-order valence-electron chi connectivity index (χ3n) is 5.61. The van der Waals surface area contributed by atoms with Gasteiger partial charge in [-0.1, -0.05) is 36.9 Å². The molecular weight excluding hydrogens is 503 g/mol. The van der Waals surface area contributed by atoms with Gasteiger partial charge in [0.25, 0.3) is 0 Å². The number of nitrogens with one attached hydrogen (secondary N) is 2. The van der Waals surface area contributed by atoms with E-state index in [9.17, 15) is 36.3 Å². The highest BCUT2D eigenvalue weighted by atomic mass is 32.2. The van der Waals surface area contributed by atoms with Crippen molar-refractivity contribution in [1.29, 1.82) is 0 Å². The standard InChI is InChI=1S/C23H24F3N3O6S/c1-4-13-35-16-9-5-14(6-10-16)19-18(22(32,23(24,25)26)28-21(31)27-19)20(30)15-7-11-17(12-8-15)36(33,34)29(2)3/h4-12,18-19,32H,1,13H2,2-3H3,(H2,27,28,31)/t18-,19+,22-/m1/s1. The number of urea groups is 1. The van der Waals surface area contributed by atoms with Crippen molar-refractivity contribution in [3.63, 3.8) is 0 Å². The largest absolute Gasteiger partial charge is 0.490 e. The van der Waals surface area contributed by atoms with E-state index in [2.05, 4.69) is 11.9 Å². The molecule has 2 amide bonds. The molecule has 0 bridgehead atoms. The minimum Gasteiger partial charge on any atom is -0.490 e. The van der Waals surface area contributed by atoms with Gasteiger partial charge >= 0.3 is 12.2 Å². The number of sulfonamides is 1. The molecular formula is C23H24F3N3O6S. The van der Waals surface area contributed by atoms with Gasteiger partial charge in [-0.05, 0) is 29.8 Å². The summed E-state index contributed by atoms with van der Waals surface area (Å²) in [5.41, 5.74) is -4.11. The third-order valence-corrected chi connectivity index (χ3v) is 7.44. The average Bonchev–Trinajstić information content (AvgIpc) is 2.81. The van der Waals surface area contributed by atoms with Gasteiger partial charge in [0, 0.05) is 19.7 Å². The summed E-state index contributed by atoms with van der Waals surface area (Å²) in [7, 11) is -1.26. The predicted molar refractivity (Wildman–Crippen MR) is 123 cm³/mol. The highest BCUT2D eigenvalue weighted by Crippen LogP contribution is 2.44. The van der Waals surface area contributed by atoms with Crippen LogP contribution in [0.1, 0.15) is 22.0 Å². The van der Waals surface area contributed by atoms with E-state index in [1.807, 2.05) is 0 Å². The quantitative estimate of drug-likeness (QED) is 0.358. The molecule has 3 N–H and O–H groups in total. The molecule has 1 saturated heterocycles. The zero-order chi connectivity index (χ0) is 26.9. The molecule has 0 aliphatic carbocycles. The van der Waals surface area contributed by atoms with Crippen molar-refractivity contribution in [2.75, 3.05) is 20.7 Å². The van der Waals surface area contributed by atoms with Gasteiger partial charge < -0.3 is 20.5 Å². The molecule has 0 unspecified atom stereocenters. The van der Waals surface area contributed by atoms with E-state index in [0.717, 1.165) is 28.6 Å². The lowest BCUT2D eigenvalue weighted by atomic mass is 9.77. The molecule has 0 aromatic heterocycles. The smallest absolute Gasteiger partial charge is 0.437 e. The van der Waals surface area contributed by atoms with Gasteiger partial charge in [-0.3, -0.25) is 4.79 Å². The number of rotatable bonds is 8. The van der Waals surface area contributed by atoms with Crippen molar-refractivity contribution in [1.82, 2.24) is 14.9 Å². The Hall–Kier alpha value is -3.42. The van der Waals surface area contributed by atoms with Crippen LogP contribution in [0, 0.1) is 5.92 Å². The summed E-state index contributed by atoms with van der Waals surface area (Å²) in [4.78, 5) is 25.4. The highest BCUT2D eigenvalue weighted by Gasteiger charge is 2.66. The summed E-state index contributed by atoms with van der Waals surface area (Å²) in [6.45, 7) is 3.69. The molecule has 194 valence electrons. The van der Waals surface area contributed by atoms with E-state index in [1.54, 1.807) is 0 Å². The zero-order valence-corrected chi connectivity index (χ0v) is 20.1. The van der Waals surface area contributed by atoms with E-state index in [1.165, 1.54) is 49.8 Å². The lowest BCUT2D eigenvalue weighted by Crippen LogP contribution is -2.72. The Kier molecular flexibility index (Phi) is 7.48. The Bertz CT molecular complexity index is 1250. The maximum absolute atomic E-state index is 14.1. The molecule has 2 aromatic rings. The van der Waals surface area contributed by atoms with Crippen LogP contribution in [0.4, 0.5) is 18.0 Å². The van der Waals surface area contributed by atoms with E-state index < -0.39 is 45.7 Å². The molecule has 1 aliphatic rings. The van der Waals surface area contributed by atoms with E-state index in [-0.39, 0.29) is 22.6 Å². The Labute approximate surface area is 205 Å². The maximum atomic E-state index is 14.1. The molecule has 13 heteroatoms. The van der Waals surface area contributed by atoms with Gasteiger partial charge in [-0.2, -0.15) is 13.2 Å². The van der Waals surface area contributed by atoms with Crippen LogP contribution in [-0.2, 0) is 10.0 Å². The third kappa shape index (κ3) is 5.08. The van der Waals surface area contributed by atoms with Gasteiger partial charge in [0.2, 0.25) is 15.7 Å². The van der Waals surface area contributed by atoms with Gasteiger partial charge in [0.15, 0.2) is 5.78 Å². The number of amides is 2. The second-order valence-corrected chi connectivity index (χ2v) is 10.3. The summed E-state index contributed by atoms with van der Waals surface area (Å²) in [5.74, 6) is -3.06. The van der Waals surface area contributed by atoms with Crippen LogP contribution >= 0.6 is 0 Å². The lowest BCUT2D eigenvalue weighted by molar-refractivity contribution is -0.287. The Balaban J connectivity index is 2.07. The van der Waals surface area contributed by atoms with E-state index >= 15 is 0 Å². The van der Waals surface area contributed by atoms with Crippen LogP contribution in [0.15, 0.2) is 66.1 Å². The number of ketones is 1. The molecule has 1 fully saturated rings. The fourth-order valence-electron chi connectivity index (χ4n) is 3.72. The summed E-state index contributed by atoms with van der Waals surface area (Å²) in [6.07, 6.45) is -3.93. The monoisotopic (exact) mass is 527 g/mol. The van der Waals surface area contributed by atoms with Crippen LogP contribution in [0.5, 0.6) is 5.75 Å². The Morgan fingerprint density at radius 3 is 2.25 bits per heavy atom. The first-order valence-corrected chi connectivity index (χ1v) is 11.9. The first-order valence-electron chi connectivity index (χ1n) is 10.5. The number of benzene rings is 2. The molecule has 0 radical (unpaired) electrons. The van der Waals surface area contributed by atoms with Gasteiger partial charge in [0.1, 0.15) is 18.3 Å². The SMILES string of the molecule is C=CCOc1ccc([C@@H]2NC(=O)N[C@](O)(C(F)(F)F)[C@H]2C(=O)c2ccc(S(=O)(=O)N(C)C)cc2)cc1. The number of ether oxygens (including phenoxy) is 1. The number of carbonyl (C=O) groups is 2. The summed E-state index contributed by atoms with van der Waals surface area (Å²) >= 11 is 0. The number of hydrogen-bond acceptors (Lipinski definition) is 6. The van der Waals surface area contributed by atoms with Crippen LogP contribution in [-0.4, -0.2) is 62.2 Å². The summed E-state index contributed by atoms with van der Waals surface area (Å²) in [5, 5.41) is 14.4. The Morgan fingerprint density at radius 1 is 1.17 bits per heavy atom. The number of nitrogens with zero attached hydrogens (tertiary/aromatic N) is 1. The average molecular weight is 528 g/mol. The highest BCUT2D eigenvalue weighted by molar-refractivity contribution is 7.89. The number of halogens is 3. The lowest BCUT2D eigenvalue weighted by Gasteiger charge is -2.45. The maximum Gasteiger partial charge on any atom is 0.437 e. The fraction of sp³-hybridized carbons (Fsp3) is 0.304. The topological polar surface area (TPSA) is 125 Å². The second-order valence-electron chi connectivity index (χ2n) is 8.16. The van der Waals surface area contributed by atoms with E-state index in [0.29, 0.717) is 5.75 Å². The fourth-order valence-corrected chi connectivity index (χ4v) is 4.63. The minimum absolute atomic E-state index is 0.101. The molecule has 1 heterocycles. The molecule has 0 spiro atoms. The van der Waals surface area contributed by atoms with E-state index in [4.69, 9.17) is 4.74 Å². The van der Waals surface area contributed by atoms with Crippen molar-refractivity contribution >= 4 is 21.8 Å². The molecule has 36 heavy (non-hydrogen) atoms. The zero-order valence-electron chi connectivity index (χ0n) is 19.2. The normalized spacial score (nSPS) is 22.5. The van der Waals surface area contributed by atoms with Crippen molar-refractivity contribution in [2.24, 2.45) is 5.92 Å². The molecule has 9 nitrogen and oxygen atoms in total. The van der Waals surface area contributed by atoms with Crippen molar-refractivity contribution in [3.8, 4) is 5.75 Å². The van der Waals surface area contributed by atoms with Crippen molar-refractivity contribution < 1.29 is 41.0 Å². The number of carbonyl (C=O) groups excluding carboxylic acids is 2. The van der Waals surface area contributed by atoms with Gasteiger partial charge in [0.05, 0.1) is 10.9 Å². The van der Waals surface area contributed by atoms with Gasteiger partial charge in [-0.15, -0.1) is 0 Å². The van der Waals surface area contributed by atoms with Crippen molar-refractivity contribution in [3.05, 3.63) is 72.3 Å². The number of alkyl halides is 3.